The van der Waals surface area contributed by atoms with Crippen LogP contribution in [0.3, 0.4) is 0 Å². The molecule has 0 unspecified atom stereocenters. The lowest BCUT2D eigenvalue weighted by Crippen LogP contribution is -2.59. The average molecular weight is 421 g/mol. The third kappa shape index (κ3) is 4.87. The van der Waals surface area contributed by atoms with Crippen molar-refractivity contribution in [2.75, 3.05) is 31.5 Å². The molecule has 0 spiro atoms. The van der Waals surface area contributed by atoms with Crippen LogP contribution in [0.2, 0.25) is 0 Å². The SMILES string of the molecule is Cc1cccc(NC(=O)N2CCC(N3CCN(Cc4ccccc4)C(=O)C3=O)CC2)c1. The van der Waals surface area contributed by atoms with Gasteiger partial charge in [0.1, 0.15) is 0 Å². The molecule has 0 atom stereocenters. The molecule has 7 nitrogen and oxygen atoms in total. The Morgan fingerprint density at radius 2 is 1.68 bits per heavy atom. The molecule has 2 aliphatic rings. The molecule has 4 rings (SSSR count). The number of hydrogen-bond acceptors (Lipinski definition) is 3. The van der Waals surface area contributed by atoms with Crippen LogP contribution in [-0.4, -0.2) is 64.8 Å². The topological polar surface area (TPSA) is 73.0 Å². The van der Waals surface area contributed by atoms with Crippen LogP contribution in [-0.2, 0) is 16.1 Å². The van der Waals surface area contributed by atoms with Gasteiger partial charge in [-0.3, -0.25) is 9.59 Å². The highest BCUT2D eigenvalue weighted by Crippen LogP contribution is 2.21. The highest BCUT2D eigenvalue weighted by atomic mass is 16.2. The number of aryl methyl sites for hydroxylation is 1. The van der Waals surface area contributed by atoms with Gasteiger partial charge >= 0.3 is 17.8 Å². The van der Waals surface area contributed by atoms with E-state index < -0.39 is 11.8 Å². The Bertz CT molecular complexity index is 954. The molecule has 162 valence electrons. The minimum absolute atomic E-state index is 0.00153. The summed E-state index contributed by atoms with van der Waals surface area (Å²) in [5.74, 6) is -0.862. The minimum atomic E-state index is -0.435. The fraction of sp³-hybridized carbons (Fsp3) is 0.375. The van der Waals surface area contributed by atoms with Crippen molar-refractivity contribution in [2.45, 2.75) is 32.4 Å². The summed E-state index contributed by atoms with van der Waals surface area (Å²) < 4.78 is 0. The lowest BCUT2D eigenvalue weighted by molar-refractivity contribution is -0.158. The molecule has 0 radical (unpaired) electrons. The van der Waals surface area contributed by atoms with E-state index in [1.165, 1.54) is 0 Å². The normalized spacial score (nSPS) is 17.8. The summed E-state index contributed by atoms with van der Waals surface area (Å²) in [7, 11) is 0. The van der Waals surface area contributed by atoms with E-state index in [9.17, 15) is 14.4 Å². The van der Waals surface area contributed by atoms with Gasteiger partial charge in [0, 0.05) is 44.5 Å². The van der Waals surface area contributed by atoms with Gasteiger partial charge in [-0.05, 0) is 43.0 Å². The second-order valence-electron chi connectivity index (χ2n) is 8.23. The molecule has 0 bridgehead atoms. The molecule has 31 heavy (non-hydrogen) atoms. The van der Waals surface area contributed by atoms with Crippen LogP contribution in [0.15, 0.2) is 54.6 Å². The highest BCUT2D eigenvalue weighted by molar-refractivity contribution is 6.35. The smallest absolute Gasteiger partial charge is 0.321 e. The molecule has 2 saturated heterocycles. The van der Waals surface area contributed by atoms with Gasteiger partial charge in [0.2, 0.25) is 0 Å². The zero-order valence-corrected chi connectivity index (χ0v) is 17.8. The second kappa shape index (κ2) is 9.20. The number of piperidine rings is 1. The zero-order valence-electron chi connectivity index (χ0n) is 17.8. The lowest BCUT2D eigenvalue weighted by atomic mass is 10.0. The Labute approximate surface area is 182 Å². The maximum Gasteiger partial charge on any atom is 0.321 e. The predicted octanol–water partition coefficient (Wildman–Crippen LogP) is 2.86. The Morgan fingerprint density at radius 1 is 0.935 bits per heavy atom. The van der Waals surface area contributed by atoms with Crippen molar-refractivity contribution in [3.63, 3.8) is 0 Å². The van der Waals surface area contributed by atoms with Crippen LogP contribution < -0.4 is 5.32 Å². The van der Waals surface area contributed by atoms with E-state index in [4.69, 9.17) is 0 Å². The summed E-state index contributed by atoms with van der Waals surface area (Å²) in [6.07, 6.45) is 1.36. The third-order valence-corrected chi connectivity index (χ3v) is 6.02. The Balaban J connectivity index is 1.29. The molecule has 2 aliphatic heterocycles. The maximum atomic E-state index is 12.8. The summed E-state index contributed by atoms with van der Waals surface area (Å²) in [6, 6.07) is 17.3. The molecular formula is C24H28N4O3. The monoisotopic (exact) mass is 420 g/mol. The third-order valence-electron chi connectivity index (χ3n) is 6.02. The number of anilines is 1. The number of nitrogens with zero attached hydrogens (tertiary/aromatic N) is 3. The number of nitrogens with one attached hydrogen (secondary N) is 1. The van der Waals surface area contributed by atoms with Crippen molar-refractivity contribution in [1.82, 2.24) is 14.7 Å². The molecule has 4 amide bonds. The Hall–Kier alpha value is -3.35. The number of rotatable bonds is 4. The number of carbonyl (C=O) groups is 3. The molecule has 0 saturated carbocycles. The molecule has 2 heterocycles. The van der Waals surface area contributed by atoms with E-state index in [1.54, 1.807) is 14.7 Å². The molecule has 2 aromatic carbocycles. The minimum Gasteiger partial charge on any atom is -0.330 e. The van der Waals surface area contributed by atoms with Crippen molar-refractivity contribution in [2.24, 2.45) is 0 Å². The summed E-state index contributed by atoms with van der Waals surface area (Å²) in [4.78, 5) is 43.1. The number of piperazine rings is 1. The van der Waals surface area contributed by atoms with Crippen LogP contribution >= 0.6 is 0 Å². The number of carbonyl (C=O) groups excluding carboxylic acids is 3. The van der Waals surface area contributed by atoms with Gasteiger partial charge in [0.05, 0.1) is 0 Å². The fourth-order valence-electron chi connectivity index (χ4n) is 4.30. The van der Waals surface area contributed by atoms with E-state index in [0.717, 1.165) is 16.8 Å². The molecule has 1 N–H and O–H groups in total. The van der Waals surface area contributed by atoms with Gasteiger partial charge in [0.15, 0.2) is 0 Å². The number of likely N-dealkylation sites (tertiary alicyclic amines) is 1. The van der Waals surface area contributed by atoms with Crippen LogP contribution in [0.25, 0.3) is 0 Å². The Kier molecular flexibility index (Phi) is 6.21. The van der Waals surface area contributed by atoms with Crippen molar-refractivity contribution >= 4 is 23.5 Å². The number of urea groups is 1. The Morgan fingerprint density at radius 3 is 2.39 bits per heavy atom. The van der Waals surface area contributed by atoms with Gasteiger partial charge < -0.3 is 20.0 Å². The number of hydrogen-bond donors (Lipinski definition) is 1. The lowest BCUT2D eigenvalue weighted by Gasteiger charge is -2.42. The zero-order chi connectivity index (χ0) is 21.8. The summed E-state index contributed by atoms with van der Waals surface area (Å²) >= 11 is 0. The van der Waals surface area contributed by atoms with E-state index >= 15 is 0 Å². The first-order chi connectivity index (χ1) is 15.0. The highest BCUT2D eigenvalue weighted by Gasteiger charge is 2.37. The summed E-state index contributed by atoms with van der Waals surface area (Å²) in [5.41, 5.74) is 2.89. The van der Waals surface area contributed by atoms with Crippen LogP contribution in [0.5, 0.6) is 0 Å². The van der Waals surface area contributed by atoms with Crippen molar-refractivity contribution in [1.29, 1.82) is 0 Å². The van der Waals surface area contributed by atoms with E-state index in [-0.39, 0.29) is 12.1 Å². The molecule has 7 heteroatoms. The average Bonchev–Trinajstić information content (AvgIpc) is 2.78. The summed E-state index contributed by atoms with van der Waals surface area (Å²) in [6.45, 7) is 4.64. The largest absolute Gasteiger partial charge is 0.330 e. The molecule has 0 aliphatic carbocycles. The first-order valence-electron chi connectivity index (χ1n) is 10.8. The second-order valence-corrected chi connectivity index (χ2v) is 8.23. The molecular weight excluding hydrogens is 392 g/mol. The van der Waals surface area contributed by atoms with E-state index in [0.29, 0.717) is 45.6 Å². The van der Waals surface area contributed by atoms with Gasteiger partial charge in [0.25, 0.3) is 0 Å². The fourth-order valence-corrected chi connectivity index (χ4v) is 4.30. The van der Waals surface area contributed by atoms with Gasteiger partial charge in [-0.15, -0.1) is 0 Å². The number of amides is 4. The molecule has 2 fully saturated rings. The van der Waals surface area contributed by atoms with Crippen molar-refractivity contribution in [3.05, 3.63) is 65.7 Å². The molecule has 0 aromatic heterocycles. The van der Waals surface area contributed by atoms with E-state index in [1.807, 2.05) is 61.5 Å². The van der Waals surface area contributed by atoms with Crippen LogP contribution in [0, 0.1) is 6.92 Å². The maximum absolute atomic E-state index is 12.8. The van der Waals surface area contributed by atoms with Crippen LogP contribution in [0.4, 0.5) is 10.5 Å². The van der Waals surface area contributed by atoms with Crippen LogP contribution in [0.1, 0.15) is 24.0 Å². The first-order valence-corrected chi connectivity index (χ1v) is 10.8. The molecule has 2 aromatic rings. The van der Waals surface area contributed by atoms with E-state index in [2.05, 4.69) is 5.32 Å². The predicted molar refractivity (Wildman–Crippen MR) is 118 cm³/mol. The summed E-state index contributed by atoms with van der Waals surface area (Å²) in [5, 5.41) is 2.94. The quantitative estimate of drug-likeness (QED) is 0.773. The van der Waals surface area contributed by atoms with Gasteiger partial charge in [-0.25, -0.2) is 4.79 Å². The van der Waals surface area contributed by atoms with Gasteiger partial charge in [-0.2, -0.15) is 0 Å². The van der Waals surface area contributed by atoms with Gasteiger partial charge in [-0.1, -0.05) is 42.5 Å². The first kappa shape index (κ1) is 20.9. The number of benzene rings is 2. The van der Waals surface area contributed by atoms with Crippen molar-refractivity contribution in [3.8, 4) is 0 Å². The van der Waals surface area contributed by atoms with Crippen molar-refractivity contribution < 1.29 is 14.4 Å². The standard InChI is InChI=1S/C24H28N4O3/c1-18-6-5-9-20(16-18)25-24(31)26-12-10-21(11-13-26)28-15-14-27(22(29)23(28)30)17-19-7-3-2-4-8-19/h2-9,16,21H,10-15,17H2,1H3,(H,25,31).